The third-order valence-corrected chi connectivity index (χ3v) is 7.11. The molecule has 3 unspecified atom stereocenters. The number of nitrogens with zero attached hydrogens (tertiary/aromatic N) is 8. The van der Waals surface area contributed by atoms with Crippen LogP contribution in [0.25, 0.3) is 0 Å². The fourth-order valence-corrected chi connectivity index (χ4v) is 4.68. The zero-order valence-corrected chi connectivity index (χ0v) is 24.3. The molecule has 13 nitrogen and oxygen atoms in total. The van der Waals surface area contributed by atoms with Gasteiger partial charge in [-0.15, -0.1) is 0 Å². The number of halogens is 1. The number of fused-ring (bicyclic) bond motifs is 1. The Bertz CT molecular complexity index is 1310. The van der Waals surface area contributed by atoms with Gasteiger partial charge in [0.2, 0.25) is 12.3 Å². The highest BCUT2D eigenvalue weighted by atomic mass is 35.5. The second-order valence-electron chi connectivity index (χ2n) is 10.2. The summed E-state index contributed by atoms with van der Waals surface area (Å²) in [6.07, 6.45) is 10.00. The lowest BCUT2D eigenvalue weighted by molar-refractivity contribution is -0.132. The van der Waals surface area contributed by atoms with Crippen LogP contribution in [0.5, 0.6) is 0 Å². The van der Waals surface area contributed by atoms with E-state index in [0.29, 0.717) is 48.4 Å². The van der Waals surface area contributed by atoms with Crippen LogP contribution in [0.2, 0.25) is 0 Å². The highest BCUT2D eigenvalue weighted by molar-refractivity contribution is 6.32. The van der Waals surface area contributed by atoms with Gasteiger partial charge in [0.05, 0.1) is 23.1 Å². The first-order valence-corrected chi connectivity index (χ1v) is 13.7. The van der Waals surface area contributed by atoms with E-state index in [1.54, 1.807) is 46.0 Å². The number of nitrogens with one attached hydrogen (secondary N) is 2. The van der Waals surface area contributed by atoms with E-state index in [4.69, 9.17) is 16.6 Å². The normalized spacial score (nSPS) is 25.0. The number of carbonyl (C=O) groups excluding carboxylic acids is 3. The van der Waals surface area contributed by atoms with Gasteiger partial charge in [0.1, 0.15) is 30.7 Å². The van der Waals surface area contributed by atoms with Crippen LogP contribution in [0, 0.1) is 12.8 Å². The molecule has 0 spiro atoms. The van der Waals surface area contributed by atoms with Gasteiger partial charge in [0.25, 0.3) is 0 Å². The quantitative estimate of drug-likeness (QED) is 0.403. The van der Waals surface area contributed by atoms with Gasteiger partial charge in [-0.05, 0) is 25.5 Å². The number of aliphatic imine (C=N–C) groups is 3. The molecule has 0 saturated heterocycles. The molecule has 0 radical (unpaired) electrons. The molecule has 0 aromatic carbocycles. The Morgan fingerprint density at radius 1 is 1.34 bits per heavy atom. The summed E-state index contributed by atoms with van der Waals surface area (Å²) < 4.78 is 0. The van der Waals surface area contributed by atoms with Crippen molar-refractivity contribution in [1.82, 2.24) is 35.3 Å². The van der Waals surface area contributed by atoms with Crippen molar-refractivity contribution in [2.24, 2.45) is 20.9 Å². The number of aromatic nitrogens is 2. The van der Waals surface area contributed by atoms with Crippen molar-refractivity contribution in [3.05, 3.63) is 46.8 Å². The maximum absolute atomic E-state index is 12.1. The van der Waals surface area contributed by atoms with E-state index >= 15 is 0 Å². The second kappa shape index (κ2) is 13.6. The van der Waals surface area contributed by atoms with Crippen LogP contribution in [0.1, 0.15) is 30.3 Å². The lowest BCUT2D eigenvalue weighted by Gasteiger charge is -2.28. The molecule has 2 amide bonds. The third-order valence-electron chi connectivity index (χ3n) is 6.90. The van der Waals surface area contributed by atoms with Crippen LogP contribution < -0.4 is 10.6 Å². The minimum atomic E-state index is -0.191. The molecule has 0 bridgehead atoms. The van der Waals surface area contributed by atoms with Crippen LogP contribution in [0.4, 0.5) is 0 Å². The number of allylic oxidation sites excluding steroid dienone is 2. The average Bonchev–Trinajstić information content (AvgIpc) is 3.65. The predicted octanol–water partition coefficient (Wildman–Crippen LogP) is 0.646. The number of aryl methyl sites for hydroxylation is 1. The van der Waals surface area contributed by atoms with Crippen molar-refractivity contribution in [3.63, 3.8) is 0 Å². The van der Waals surface area contributed by atoms with Crippen LogP contribution in [-0.4, -0.2) is 114 Å². The first-order chi connectivity index (χ1) is 19.7. The number of amides is 2. The summed E-state index contributed by atoms with van der Waals surface area (Å²) in [6.45, 7) is 3.08. The molecule has 1 fully saturated rings. The Kier molecular flexibility index (Phi) is 9.95. The maximum atomic E-state index is 12.1. The van der Waals surface area contributed by atoms with Crippen LogP contribution in [0.3, 0.4) is 0 Å². The van der Waals surface area contributed by atoms with E-state index in [9.17, 15) is 14.4 Å². The summed E-state index contributed by atoms with van der Waals surface area (Å²) >= 11 is 6.25. The number of hydrogen-bond acceptors (Lipinski definition) is 10. The molecule has 5 rings (SSSR count). The van der Waals surface area contributed by atoms with Crippen LogP contribution in [0.15, 0.2) is 50.2 Å². The van der Waals surface area contributed by atoms with Crippen molar-refractivity contribution in [2.75, 3.05) is 40.8 Å². The SMILES string of the molecule is CN=C1CC(NCC2CN3C=C(Cl)C=C(N(C=O)CC(=O)N(C)C)C3=N2)N=CN1.Cc1ccnc([C@H]2CC2C=O)n1. The zero-order chi connectivity index (χ0) is 29.5. The van der Waals surface area contributed by atoms with Gasteiger partial charge in [-0.25, -0.2) is 9.97 Å². The van der Waals surface area contributed by atoms with Gasteiger partial charge in [-0.2, -0.15) is 0 Å². The molecule has 1 saturated carbocycles. The topological polar surface area (TPSA) is 148 Å². The van der Waals surface area contributed by atoms with E-state index in [-0.39, 0.29) is 30.6 Å². The lowest BCUT2D eigenvalue weighted by atomic mass is 10.2. The van der Waals surface area contributed by atoms with Crippen molar-refractivity contribution in [2.45, 2.75) is 37.9 Å². The van der Waals surface area contributed by atoms with Crippen molar-refractivity contribution in [3.8, 4) is 0 Å². The number of carbonyl (C=O) groups is 3. The predicted molar refractivity (Wildman–Crippen MR) is 156 cm³/mol. The van der Waals surface area contributed by atoms with Gasteiger partial charge in [-0.1, -0.05) is 11.6 Å². The summed E-state index contributed by atoms with van der Waals surface area (Å²) in [6, 6.07) is 1.82. The molecule has 4 aliphatic rings. The summed E-state index contributed by atoms with van der Waals surface area (Å²) in [4.78, 5) is 60.5. The number of aldehydes is 1. The number of rotatable bonds is 9. The molecular weight excluding hydrogens is 548 g/mol. The van der Waals surface area contributed by atoms with Gasteiger partial charge in [0, 0.05) is 70.6 Å². The highest BCUT2D eigenvalue weighted by Gasteiger charge is 2.40. The minimum absolute atomic E-state index is 0.0441. The largest absolute Gasteiger partial charge is 0.347 e. The summed E-state index contributed by atoms with van der Waals surface area (Å²) in [5, 5.41) is 6.86. The fourth-order valence-electron chi connectivity index (χ4n) is 4.46. The first kappa shape index (κ1) is 30.0. The van der Waals surface area contributed by atoms with E-state index in [0.717, 1.165) is 30.1 Å². The van der Waals surface area contributed by atoms with Gasteiger partial charge < -0.3 is 24.8 Å². The zero-order valence-electron chi connectivity index (χ0n) is 23.6. The third kappa shape index (κ3) is 7.82. The molecule has 4 heterocycles. The highest BCUT2D eigenvalue weighted by Crippen LogP contribution is 2.44. The Labute approximate surface area is 244 Å². The lowest BCUT2D eigenvalue weighted by Crippen LogP contribution is -2.42. The van der Waals surface area contributed by atoms with Crippen molar-refractivity contribution < 1.29 is 14.4 Å². The Hall–Kier alpha value is -3.97. The number of amidine groups is 2. The molecule has 3 aliphatic heterocycles. The van der Waals surface area contributed by atoms with Gasteiger partial charge in [-0.3, -0.25) is 29.9 Å². The average molecular weight is 583 g/mol. The Morgan fingerprint density at radius 2 is 2.15 bits per heavy atom. The summed E-state index contributed by atoms with van der Waals surface area (Å²) in [5.41, 5.74) is 1.49. The Balaban J connectivity index is 0.000000267. The number of likely N-dealkylation sites (N-methyl/N-ethyl adjacent to an activating group) is 1. The molecule has 1 aliphatic carbocycles. The minimum Gasteiger partial charge on any atom is -0.347 e. The first-order valence-electron chi connectivity index (χ1n) is 13.3. The van der Waals surface area contributed by atoms with Crippen LogP contribution in [-0.2, 0) is 14.4 Å². The second-order valence-corrected chi connectivity index (χ2v) is 10.7. The molecule has 4 atom stereocenters. The number of hydrogen-bond donors (Lipinski definition) is 2. The standard InChI is InChI=1S/C18H25ClN8O2.C9H10N2O/c1-20-15-5-16(23-10-22-15)21-6-13-8-26-7-12(19)4-14(18(26)24-13)27(11-28)9-17(29)25(2)3;1-6-2-3-10-9(11-6)8-4-7(8)5-12/h4,7,10-11,13,16,21H,5-6,8-9H2,1-3H3,(H,20,22,23);2-3,5,7-8H,4H2,1H3/t;7?,8-/m.0/s1. The monoisotopic (exact) mass is 582 g/mol. The fraction of sp³-hybridized carbons (Fsp3) is 0.481. The van der Waals surface area contributed by atoms with Crippen molar-refractivity contribution in [1.29, 1.82) is 0 Å². The molecule has 14 heteroatoms. The molecule has 41 heavy (non-hydrogen) atoms. The Morgan fingerprint density at radius 3 is 2.80 bits per heavy atom. The van der Waals surface area contributed by atoms with Gasteiger partial charge in [0.15, 0.2) is 5.84 Å². The summed E-state index contributed by atoms with van der Waals surface area (Å²) in [7, 11) is 5.03. The van der Waals surface area contributed by atoms with Gasteiger partial charge >= 0.3 is 0 Å². The van der Waals surface area contributed by atoms with E-state index in [2.05, 4.69) is 30.6 Å². The van der Waals surface area contributed by atoms with Crippen molar-refractivity contribution >= 4 is 48.2 Å². The van der Waals surface area contributed by atoms with Crippen LogP contribution >= 0.6 is 11.6 Å². The molecule has 2 N–H and O–H groups in total. The molecule has 218 valence electrons. The van der Waals surface area contributed by atoms with E-state index in [1.807, 2.05) is 17.9 Å². The molecular formula is C27H35ClN10O3. The smallest absolute Gasteiger partial charge is 0.242 e. The maximum Gasteiger partial charge on any atom is 0.242 e. The summed E-state index contributed by atoms with van der Waals surface area (Å²) in [5.74, 6) is 2.61. The molecule has 1 aromatic rings. The molecule has 1 aromatic heterocycles. The van der Waals surface area contributed by atoms with E-state index < -0.39 is 0 Å². The van der Waals surface area contributed by atoms with E-state index in [1.165, 1.54) is 9.80 Å².